The van der Waals surface area contributed by atoms with Gasteiger partial charge in [0, 0.05) is 56.2 Å². The molecule has 3 heterocycles. The van der Waals surface area contributed by atoms with Gasteiger partial charge in [-0.05, 0) is 18.2 Å². The lowest BCUT2D eigenvalue weighted by molar-refractivity contribution is -0.137. The van der Waals surface area contributed by atoms with Gasteiger partial charge in [-0.25, -0.2) is 13.4 Å². The zero-order valence-electron chi connectivity index (χ0n) is 16.5. The molecule has 1 aromatic carbocycles. The molecular weight excluding hydrogens is 487 g/mol. The minimum Gasteiger partial charge on any atom is -0.296 e. The largest absolute Gasteiger partial charge is 0.416 e. The summed E-state index contributed by atoms with van der Waals surface area (Å²) < 4.78 is 66.1. The molecule has 7 nitrogen and oxygen atoms in total. The van der Waals surface area contributed by atoms with Gasteiger partial charge in [-0.3, -0.25) is 14.9 Å². The molecule has 3 aromatic rings. The minimum absolute atomic E-state index is 0.144. The van der Waals surface area contributed by atoms with Crippen LogP contribution in [0.3, 0.4) is 0 Å². The maximum atomic E-state index is 13.0. The molecule has 13 heteroatoms. The number of nitrogens with zero attached hydrogens (tertiary/aromatic N) is 5. The van der Waals surface area contributed by atoms with Gasteiger partial charge in [0.2, 0.25) is 10.0 Å². The first kappa shape index (κ1) is 23.1. The van der Waals surface area contributed by atoms with Crippen LogP contribution in [0.15, 0.2) is 47.9 Å². The van der Waals surface area contributed by atoms with Crippen molar-refractivity contribution in [3.8, 4) is 10.7 Å². The van der Waals surface area contributed by atoms with Crippen molar-refractivity contribution in [1.29, 1.82) is 0 Å². The maximum absolute atomic E-state index is 13.0. The molecule has 0 aliphatic carbocycles. The topological polar surface area (TPSA) is 79.3 Å². The highest BCUT2D eigenvalue weighted by Crippen LogP contribution is 2.34. The van der Waals surface area contributed by atoms with Crippen LogP contribution in [0.4, 0.5) is 13.2 Å². The summed E-state index contributed by atoms with van der Waals surface area (Å²) in [6, 6.07) is 2.32. The van der Waals surface area contributed by atoms with Crippen molar-refractivity contribution >= 4 is 33.0 Å². The summed E-state index contributed by atoms with van der Waals surface area (Å²) in [5.74, 6) is 0. The van der Waals surface area contributed by atoms with E-state index in [4.69, 9.17) is 11.6 Å². The lowest BCUT2D eigenvalue weighted by Crippen LogP contribution is -2.48. The van der Waals surface area contributed by atoms with E-state index in [1.807, 2.05) is 0 Å². The number of rotatable bonds is 5. The van der Waals surface area contributed by atoms with E-state index in [9.17, 15) is 21.6 Å². The quantitative estimate of drug-likeness (QED) is 0.527. The van der Waals surface area contributed by atoms with Crippen molar-refractivity contribution in [3.63, 3.8) is 0 Å². The lowest BCUT2D eigenvalue weighted by atomic mass is 10.2. The number of sulfonamides is 1. The molecule has 1 aliphatic heterocycles. The molecule has 1 fully saturated rings. The third-order valence-electron chi connectivity index (χ3n) is 4.92. The number of hydrogen-bond donors (Lipinski definition) is 0. The third-order valence-corrected chi connectivity index (χ3v) is 8.31. The predicted octanol–water partition coefficient (Wildman–Crippen LogP) is 3.78. The highest BCUT2D eigenvalue weighted by molar-refractivity contribution is 7.89. The molecule has 0 bridgehead atoms. The molecule has 0 unspecified atom stereocenters. The molecule has 0 atom stereocenters. The molecular formula is C19H17ClF3N5O2S2. The monoisotopic (exact) mass is 503 g/mol. The molecule has 32 heavy (non-hydrogen) atoms. The van der Waals surface area contributed by atoms with E-state index in [-0.39, 0.29) is 18.1 Å². The lowest BCUT2D eigenvalue weighted by Gasteiger charge is -2.33. The van der Waals surface area contributed by atoms with Gasteiger partial charge in [-0.1, -0.05) is 11.6 Å². The molecule has 1 aliphatic rings. The normalized spacial score (nSPS) is 16.4. The van der Waals surface area contributed by atoms with E-state index in [0.717, 1.165) is 22.0 Å². The van der Waals surface area contributed by atoms with Crippen LogP contribution in [0.25, 0.3) is 10.7 Å². The predicted molar refractivity (Wildman–Crippen MR) is 114 cm³/mol. The summed E-state index contributed by atoms with van der Waals surface area (Å²) in [6.45, 7) is 1.72. The van der Waals surface area contributed by atoms with Crippen molar-refractivity contribution in [2.75, 3.05) is 26.2 Å². The van der Waals surface area contributed by atoms with Crippen LogP contribution in [0.5, 0.6) is 0 Å². The van der Waals surface area contributed by atoms with Gasteiger partial charge in [-0.2, -0.15) is 17.5 Å². The van der Waals surface area contributed by atoms with Crippen molar-refractivity contribution in [1.82, 2.24) is 24.2 Å². The van der Waals surface area contributed by atoms with E-state index in [0.29, 0.717) is 31.4 Å². The molecule has 170 valence electrons. The van der Waals surface area contributed by atoms with Gasteiger partial charge in [0.15, 0.2) is 0 Å². The number of thiazole rings is 1. The van der Waals surface area contributed by atoms with Crippen molar-refractivity contribution in [3.05, 3.63) is 58.4 Å². The summed E-state index contributed by atoms with van der Waals surface area (Å²) in [7, 11) is -4.15. The molecule has 2 aromatic heterocycles. The molecule has 0 radical (unpaired) electrons. The number of aromatic nitrogens is 3. The van der Waals surface area contributed by atoms with Crippen LogP contribution >= 0.6 is 22.9 Å². The molecule has 0 spiro atoms. The summed E-state index contributed by atoms with van der Waals surface area (Å²) in [5.41, 5.74) is -0.374. The van der Waals surface area contributed by atoms with E-state index in [1.165, 1.54) is 15.6 Å². The Kier molecular flexibility index (Phi) is 6.50. The van der Waals surface area contributed by atoms with E-state index in [1.54, 1.807) is 24.8 Å². The van der Waals surface area contributed by atoms with Gasteiger partial charge in [0.25, 0.3) is 0 Å². The van der Waals surface area contributed by atoms with Crippen LogP contribution in [0.1, 0.15) is 10.4 Å². The van der Waals surface area contributed by atoms with Crippen LogP contribution in [0.2, 0.25) is 5.02 Å². The number of alkyl halides is 3. The highest BCUT2D eigenvalue weighted by Gasteiger charge is 2.35. The van der Waals surface area contributed by atoms with Crippen LogP contribution < -0.4 is 0 Å². The Balaban J connectivity index is 1.42. The van der Waals surface area contributed by atoms with E-state index in [2.05, 4.69) is 19.9 Å². The summed E-state index contributed by atoms with van der Waals surface area (Å²) in [4.78, 5) is 15.1. The van der Waals surface area contributed by atoms with Crippen LogP contribution in [0, 0.1) is 0 Å². The second-order valence-electron chi connectivity index (χ2n) is 7.05. The fourth-order valence-electron chi connectivity index (χ4n) is 3.27. The molecule has 0 amide bonds. The zero-order chi connectivity index (χ0) is 22.9. The van der Waals surface area contributed by atoms with Crippen molar-refractivity contribution in [2.24, 2.45) is 0 Å². The van der Waals surface area contributed by atoms with Crippen molar-refractivity contribution in [2.45, 2.75) is 17.6 Å². The molecule has 4 rings (SSSR count). The van der Waals surface area contributed by atoms with Gasteiger partial charge in [-0.15, -0.1) is 11.3 Å². The Labute approximate surface area is 191 Å². The first-order valence-electron chi connectivity index (χ1n) is 9.45. The second kappa shape index (κ2) is 9.02. The minimum atomic E-state index is -4.66. The molecule has 1 saturated heterocycles. The highest BCUT2D eigenvalue weighted by atomic mass is 35.5. The third kappa shape index (κ3) is 4.94. The van der Waals surface area contributed by atoms with Gasteiger partial charge < -0.3 is 0 Å². The Morgan fingerprint density at radius 2 is 1.81 bits per heavy atom. The molecule has 0 saturated carbocycles. The Hall–Kier alpha value is -2.12. The maximum Gasteiger partial charge on any atom is 0.416 e. The van der Waals surface area contributed by atoms with Crippen LogP contribution in [-0.2, 0) is 22.7 Å². The summed E-state index contributed by atoms with van der Waals surface area (Å²) in [6.07, 6.45) is 1.89. The SMILES string of the molecule is O=S(=O)(c1cc(C(F)(F)F)ccc1Cl)N1CCN(Cc2cnc(-c3cnccn3)s2)CC1. The first-order chi connectivity index (χ1) is 15.1. The van der Waals surface area contributed by atoms with Gasteiger partial charge >= 0.3 is 6.18 Å². The zero-order valence-corrected chi connectivity index (χ0v) is 18.8. The Bertz CT molecular complexity index is 1200. The number of halogens is 4. The van der Waals surface area contributed by atoms with Gasteiger partial charge in [0.05, 0.1) is 16.8 Å². The number of hydrogen-bond acceptors (Lipinski definition) is 7. The van der Waals surface area contributed by atoms with E-state index >= 15 is 0 Å². The fourth-order valence-corrected chi connectivity index (χ4v) is 6.11. The summed E-state index contributed by atoms with van der Waals surface area (Å²) >= 11 is 7.42. The average Bonchev–Trinajstić information content (AvgIpc) is 3.22. The van der Waals surface area contributed by atoms with Crippen LogP contribution in [-0.4, -0.2) is 58.8 Å². The number of benzene rings is 1. The average molecular weight is 504 g/mol. The number of piperazine rings is 1. The molecule has 0 N–H and O–H groups in total. The van der Waals surface area contributed by atoms with Gasteiger partial charge in [0.1, 0.15) is 15.6 Å². The second-order valence-corrected chi connectivity index (χ2v) is 10.5. The Morgan fingerprint density at radius 1 is 1.06 bits per heavy atom. The fraction of sp³-hybridized carbons (Fsp3) is 0.316. The van der Waals surface area contributed by atoms with E-state index < -0.39 is 26.7 Å². The first-order valence-corrected chi connectivity index (χ1v) is 12.1. The Morgan fingerprint density at radius 3 is 2.47 bits per heavy atom. The van der Waals surface area contributed by atoms with Crippen molar-refractivity contribution < 1.29 is 21.6 Å². The smallest absolute Gasteiger partial charge is 0.296 e. The standard InChI is InChI=1S/C19H17ClF3N5O2S2/c20-15-2-1-13(19(21,22)23)9-17(15)32(29,30)28-7-5-27(6-8-28)12-14-10-26-18(31-14)16-11-24-3-4-25-16/h1-4,9-11H,5-8,12H2. The summed E-state index contributed by atoms with van der Waals surface area (Å²) in [5, 5.41) is 0.509.